The van der Waals surface area contributed by atoms with E-state index in [2.05, 4.69) is 16.6 Å². The number of sulfonamides is 1. The highest BCUT2D eigenvalue weighted by Crippen LogP contribution is 2.16. The first kappa shape index (κ1) is 16.0. The predicted molar refractivity (Wildman–Crippen MR) is 81.1 cm³/mol. The highest BCUT2D eigenvalue weighted by Gasteiger charge is 2.18. The van der Waals surface area contributed by atoms with Crippen LogP contribution >= 0.6 is 0 Å². The molecular weight excluding hydrogens is 288 g/mol. The Hall–Kier alpha value is -1.39. The molecule has 5 nitrogen and oxygen atoms in total. The lowest BCUT2D eigenvalue weighted by Crippen LogP contribution is -2.26. The fourth-order valence-corrected chi connectivity index (χ4v) is 3.28. The molecule has 1 heterocycles. The summed E-state index contributed by atoms with van der Waals surface area (Å²) in [5.74, 6) is 6.00. The Morgan fingerprint density at radius 2 is 2.29 bits per heavy atom. The van der Waals surface area contributed by atoms with Crippen molar-refractivity contribution in [2.75, 3.05) is 26.3 Å². The molecule has 1 fully saturated rings. The molecule has 0 spiro atoms. The van der Waals surface area contributed by atoms with E-state index in [0.717, 1.165) is 26.1 Å². The summed E-state index contributed by atoms with van der Waals surface area (Å²) in [6.07, 6.45) is 1.80. The molecular formula is C15H20N2O3S. The van der Waals surface area contributed by atoms with E-state index in [1.807, 2.05) is 0 Å². The first-order valence-electron chi connectivity index (χ1n) is 6.98. The van der Waals surface area contributed by atoms with Crippen molar-refractivity contribution in [1.82, 2.24) is 4.72 Å². The average molecular weight is 308 g/mol. The van der Waals surface area contributed by atoms with Crippen LogP contribution in [0.2, 0.25) is 0 Å². The summed E-state index contributed by atoms with van der Waals surface area (Å²) in [5, 5.41) is 0. The normalized spacial score (nSPS) is 18.2. The standard InChI is InChI=1S/C15H20N2O3S/c16-8-2-4-13-3-1-5-15(11-13)21(18,19)17-9-6-14-7-10-20-12-14/h1,3,5,11,14,17H,6-10,12,16H2. The lowest BCUT2D eigenvalue weighted by molar-refractivity contribution is 0.184. The third kappa shape index (κ3) is 4.83. The number of hydrogen-bond donors (Lipinski definition) is 2. The van der Waals surface area contributed by atoms with Crippen LogP contribution in [-0.2, 0) is 14.8 Å². The fourth-order valence-electron chi connectivity index (χ4n) is 2.19. The minimum atomic E-state index is -3.49. The van der Waals surface area contributed by atoms with Gasteiger partial charge in [0.2, 0.25) is 10.0 Å². The molecule has 0 amide bonds. The Labute approximate surface area is 125 Å². The molecule has 114 valence electrons. The summed E-state index contributed by atoms with van der Waals surface area (Å²) in [4.78, 5) is 0.231. The van der Waals surface area contributed by atoms with Crippen LogP contribution in [0.4, 0.5) is 0 Å². The van der Waals surface area contributed by atoms with Gasteiger partial charge >= 0.3 is 0 Å². The molecule has 0 bridgehead atoms. The van der Waals surface area contributed by atoms with Crippen LogP contribution in [0.5, 0.6) is 0 Å². The lowest BCUT2D eigenvalue weighted by Gasteiger charge is -2.09. The molecule has 0 saturated carbocycles. The van der Waals surface area contributed by atoms with Crippen LogP contribution in [-0.4, -0.2) is 34.7 Å². The van der Waals surface area contributed by atoms with Crippen molar-refractivity contribution in [3.05, 3.63) is 29.8 Å². The second-order valence-corrected chi connectivity index (χ2v) is 6.72. The second kappa shape index (κ2) is 7.57. The zero-order chi connectivity index (χ0) is 15.1. The van der Waals surface area contributed by atoms with Crippen molar-refractivity contribution in [3.8, 4) is 11.8 Å². The zero-order valence-corrected chi connectivity index (χ0v) is 12.7. The Morgan fingerprint density at radius 3 is 3.00 bits per heavy atom. The molecule has 3 N–H and O–H groups in total. The molecule has 1 atom stereocenters. The smallest absolute Gasteiger partial charge is 0.240 e. The number of hydrogen-bond acceptors (Lipinski definition) is 4. The molecule has 1 aliphatic rings. The van der Waals surface area contributed by atoms with Gasteiger partial charge in [0.25, 0.3) is 0 Å². The maximum atomic E-state index is 12.2. The Bertz CT molecular complexity index is 626. The number of nitrogens with one attached hydrogen (secondary N) is 1. The first-order chi connectivity index (χ1) is 10.1. The Morgan fingerprint density at radius 1 is 1.43 bits per heavy atom. The first-order valence-corrected chi connectivity index (χ1v) is 8.46. The van der Waals surface area contributed by atoms with Crippen molar-refractivity contribution in [2.45, 2.75) is 17.7 Å². The zero-order valence-electron chi connectivity index (χ0n) is 11.8. The van der Waals surface area contributed by atoms with Crippen LogP contribution in [0.1, 0.15) is 18.4 Å². The maximum absolute atomic E-state index is 12.2. The summed E-state index contributed by atoms with van der Waals surface area (Å²) >= 11 is 0. The minimum Gasteiger partial charge on any atom is -0.381 e. The van der Waals surface area contributed by atoms with Gasteiger partial charge < -0.3 is 10.5 Å². The van der Waals surface area contributed by atoms with Crippen molar-refractivity contribution in [3.63, 3.8) is 0 Å². The molecule has 1 aromatic rings. The summed E-state index contributed by atoms with van der Waals surface area (Å²) in [5.41, 5.74) is 5.96. The van der Waals surface area contributed by atoms with Gasteiger partial charge in [-0.1, -0.05) is 17.9 Å². The SMILES string of the molecule is NCC#Cc1cccc(S(=O)(=O)NCCC2CCOC2)c1. The maximum Gasteiger partial charge on any atom is 0.240 e. The van der Waals surface area contributed by atoms with E-state index in [0.29, 0.717) is 18.0 Å². The average Bonchev–Trinajstić information content (AvgIpc) is 2.98. The number of nitrogens with two attached hydrogens (primary N) is 1. The lowest BCUT2D eigenvalue weighted by atomic mass is 10.1. The highest BCUT2D eigenvalue weighted by atomic mass is 32.2. The number of rotatable bonds is 5. The second-order valence-electron chi connectivity index (χ2n) is 4.95. The molecule has 2 rings (SSSR count). The molecule has 1 saturated heterocycles. The molecule has 1 unspecified atom stereocenters. The molecule has 1 aliphatic heterocycles. The summed E-state index contributed by atoms with van der Waals surface area (Å²) in [7, 11) is -3.49. The van der Waals surface area contributed by atoms with Crippen molar-refractivity contribution in [2.24, 2.45) is 11.7 Å². The van der Waals surface area contributed by atoms with Crippen molar-refractivity contribution < 1.29 is 13.2 Å². The van der Waals surface area contributed by atoms with Gasteiger partial charge in [0.05, 0.1) is 11.4 Å². The molecule has 21 heavy (non-hydrogen) atoms. The molecule has 0 radical (unpaired) electrons. The van der Waals surface area contributed by atoms with Gasteiger partial charge in [-0.2, -0.15) is 0 Å². The summed E-state index contributed by atoms with van der Waals surface area (Å²) in [6.45, 7) is 2.18. The third-order valence-corrected chi connectivity index (χ3v) is 4.81. The van der Waals surface area contributed by atoms with E-state index in [4.69, 9.17) is 10.5 Å². The van der Waals surface area contributed by atoms with E-state index in [9.17, 15) is 8.42 Å². The van der Waals surface area contributed by atoms with Crippen molar-refractivity contribution >= 4 is 10.0 Å². The van der Waals surface area contributed by atoms with Crippen LogP contribution < -0.4 is 10.5 Å². The van der Waals surface area contributed by atoms with Crippen molar-refractivity contribution in [1.29, 1.82) is 0 Å². The minimum absolute atomic E-state index is 0.231. The Kier molecular flexibility index (Phi) is 5.76. The Balaban J connectivity index is 1.97. The van der Waals surface area contributed by atoms with Gasteiger partial charge in [-0.15, -0.1) is 0 Å². The fraction of sp³-hybridized carbons (Fsp3) is 0.467. The highest BCUT2D eigenvalue weighted by molar-refractivity contribution is 7.89. The van der Waals surface area contributed by atoms with Gasteiger partial charge in [-0.3, -0.25) is 0 Å². The topological polar surface area (TPSA) is 81.4 Å². The predicted octanol–water partition coefficient (Wildman–Crippen LogP) is 0.702. The third-order valence-electron chi connectivity index (χ3n) is 3.35. The van der Waals surface area contributed by atoms with E-state index in [-0.39, 0.29) is 11.4 Å². The van der Waals surface area contributed by atoms with Gasteiger partial charge in [0.1, 0.15) is 0 Å². The van der Waals surface area contributed by atoms with Crippen LogP contribution in [0.25, 0.3) is 0 Å². The number of benzene rings is 1. The van der Waals surface area contributed by atoms with Crippen LogP contribution in [0.15, 0.2) is 29.2 Å². The monoisotopic (exact) mass is 308 g/mol. The summed E-state index contributed by atoms with van der Waals surface area (Å²) in [6, 6.07) is 6.57. The van der Waals surface area contributed by atoms with Gasteiger partial charge in [-0.05, 0) is 37.0 Å². The molecule has 0 aliphatic carbocycles. The number of ether oxygens (including phenoxy) is 1. The molecule has 6 heteroatoms. The summed E-state index contributed by atoms with van der Waals surface area (Å²) < 4.78 is 32.3. The quantitative estimate of drug-likeness (QED) is 0.785. The molecule has 1 aromatic carbocycles. The van der Waals surface area contributed by atoms with Gasteiger partial charge in [0.15, 0.2) is 0 Å². The van der Waals surface area contributed by atoms with Gasteiger partial charge in [-0.25, -0.2) is 13.1 Å². The van der Waals surface area contributed by atoms with Crippen LogP contribution in [0, 0.1) is 17.8 Å². The van der Waals surface area contributed by atoms with Crippen LogP contribution in [0.3, 0.4) is 0 Å². The van der Waals surface area contributed by atoms with E-state index < -0.39 is 10.0 Å². The largest absolute Gasteiger partial charge is 0.381 e. The molecule has 0 aromatic heterocycles. The van der Waals surface area contributed by atoms with E-state index >= 15 is 0 Å². The van der Waals surface area contributed by atoms with Gasteiger partial charge in [0, 0.05) is 25.3 Å². The van der Waals surface area contributed by atoms with E-state index in [1.54, 1.807) is 24.3 Å². The van der Waals surface area contributed by atoms with E-state index in [1.165, 1.54) is 0 Å².